The number of amides is 1. The number of hydrogen-bond donors (Lipinski definition) is 10. The lowest BCUT2D eigenvalue weighted by atomic mass is 9.85. The third-order valence-electron chi connectivity index (χ3n) is 8.02. The quantitative estimate of drug-likeness (QED) is 0.0968. The van der Waals surface area contributed by atoms with Crippen LogP contribution in [-0.2, 0) is 23.8 Å². The van der Waals surface area contributed by atoms with Crippen molar-refractivity contribution in [3.05, 3.63) is 45.4 Å². The Labute approximate surface area is 250 Å². The molecule has 8 unspecified atom stereocenters. The zero-order chi connectivity index (χ0) is 33.3. The van der Waals surface area contributed by atoms with E-state index in [-0.39, 0.29) is 5.70 Å². The smallest absolute Gasteiger partial charge is 0.330 e. The number of aromatic amines is 1. The molecule has 19 heteroatoms. The third kappa shape index (κ3) is 6.56. The second-order valence-corrected chi connectivity index (χ2v) is 10.8. The number of nitrogens with zero attached hydrogens (tertiary/aromatic N) is 2. The molecule has 0 radical (unpaired) electrons. The first-order valence-corrected chi connectivity index (χ1v) is 13.5. The van der Waals surface area contributed by atoms with Crippen LogP contribution in [0.1, 0.15) is 13.2 Å². The van der Waals surface area contributed by atoms with Crippen LogP contribution in [0.2, 0.25) is 0 Å². The molecular weight excluding hydrogens is 592 g/mol. The number of aliphatic carboxylic acids is 1. The Bertz CT molecular complexity index is 1320. The lowest BCUT2D eigenvalue weighted by Gasteiger charge is -2.46. The normalized spacial score (nSPS) is 32.1. The number of nitrogens with one attached hydrogen (secondary N) is 3. The number of carbonyl (C=O) groups excluding carboxylic acids is 1. The number of carboxylic acids is 1. The Balaban J connectivity index is 2.12. The first-order valence-electron chi connectivity index (χ1n) is 13.5. The number of aliphatic hydroxyl groups excluding tert-OH is 5. The molecule has 2 aliphatic rings. The van der Waals surface area contributed by atoms with Crippen LogP contribution in [0.4, 0.5) is 0 Å². The van der Waals surface area contributed by atoms with Crippen molar-refractivity contribution in [2.75, 3.05) is 27.7 Å². The molecule has 0 aliphatic carbocycles. The minimum absolute atomic E-state index is 0.162. The number of aromatic nitrogens is 2. The highest BCUT2D eigenvalue weighted by molar-refractivity contribution is 5.86. The summed E-state index contributed by atoms with van der Waals surface area (Å²) in [4.78, 5) is 52.6. The average molecular weight is 633 g/mol. The van der Waals surface area contributed by atoms with Gasteiger partial charge in [-0.15, -0.1) is 0 Å². The van der Waals surface area contributed by atoms with Gasteiger partial charge in [0.15, 0.2) is 12.5 Å². The van der Waals surface area contributed by atoms with Crippen LogP contribution in [0.5, 0.6) is 0 Å². The van der Waals surface area contributed by atoms with Gasteiger partial charge in [0, 0.05) is 31.6 Å². The molecule has 0 spiro atoms. The van der Waals surface area contributed by atoms with Crippen LogP contribution < -0.4 is 27.6 Å². The van der Waals surface area contributed by atoms with Gasteiger partial charge < -0.3 is 61.2 Å². The molecule has 1 aromatic rings. The van der Waals surface area contributed by atoms with Gasteiger partial charge in [0.25, 0.3) is 5.56 Å². The lowest BCUT2D eigenvalue weighted by molar-refractivity contribution is -0.245. The molecule has 12 atom stereocenters. The van der Waals surface area contributed by atoms with Gasteiger partial charge in [-0.2, -0.15) is 0 Å². The molecule has 0 aromatic carbocycles. The Kier molecular flexibility index (Phi) is 11.1. The van der Waals surface area contributed by atoms with Crippen molar-refractivity contribution >= 4 is 11.9 Å². The number of H-pyrrole nitrogens is 1. The Hall–Kier alpha value is -3.24. The first-order chi connectivity index (χ1) is 20.5. The van der Waals surface area contributed by atoms with Gasteiger partial charge in [0.1, 0.15) is 54.3 Å². The van der Waals surface area contributed by atoms with E-state index in [0.717, 1.165) is 16.8 Å². The molecular formula is C25H40N6O13. The van der Waals surface area contributed by atoms with Crippen LogP contribution in [0.3, 0.4) is 0 Å². The Morgan fingerprint density at radius 3 is 2.32 bits per heavy atom. The number of ether oxygens (including phenoxy) is 3. The molecule has 2 aliphatic heterocycles. The van der Waals surface area contributed by atoms with Gasteiger partial charge in [-0.05, 0) is 21.0 Å². The van der Waals surface area contributed by atoms with E-state index in [4.69, 9.17) is 19.9 Å². The number of carboxylic acid groups (broad SMARTS) is 1. The van der Waals surface area contributed by atoms with E-state index < -0.39 is 103 Å². The third-order valence-corrected chi connectivity index (χ3v) is 8.02. The van der Waals surface area contributed by atoms with E-state index in [1.807, 2.05) is 4.98 Å². The molecule has 248 valence electrons. The van der Waals surface area contributed by atoms with E-state index in [0.29, 0.717) is 0 Å². The van der Waals surface area contributed by atoms with Crippen LogP contribution in [0.15, 0.2) is 34.1 Å². The largest absolute Gasteiger partial charge is 0.480 e. The van der Waals surface area contributed by atoms with Gasteiger partial charge in [-0.3, -0.25) is 28.8 Å². The maximum atomic E-state index is 13.6. The fourth-order valence-electron chi connectivity index (χ4n) is 5.36. The second kappa shape index (κ2) is 13.8. The monoisotopic (exact) mass is 632 g/mol. The molecule has 0 bridgehead atoms. The maximum absolute atomic E-state index is 13.6. The molecule has 2 saturated heterocycles. The van der Waals surface area contributed by atoms with E-state index in [1.54, 1.807) is 0 Å². The predicted molar refractivity (Wildman–Crippen MR) is 148 cm³/mol. The van der Waals surface area contributed by atoms with Crippen LogP contribution in [0, 0.1) is 0 Å². The zero-order valence-corrected chi connectivity index (χ0v) is 24.4. The summed E-state index contributed by atoms with van der Waals surface area (Å²) in [5.41, 5.74) is 1.75. The summed E-state index contributed by atoms with van der Waals surface area (Å²) in [7, 11) is 3.90. The minimum Gasteiger partial charge on any atom is -0.480 e. The van der Waals surface area contributed by atoms with Gasteiger partial charge in [0.2, 0.25) is 5.91 Å². The number of nitrogens with two attached hydrogens (primary N) is 1. The number of rotatable bonds is 13. The number of carbonyl (C=O) groups is 2. The van der Waals surface area contributed by atoms with E-state index in [9.17, 15) is 49.8 Å². The topological polar surface area (TPSA) is 291 Å². The lowest BCUT2D eigenvalue weighted by Crippen LogP contribution is -2.69. The van der Waals surface area contributed by atoms with Gasteiger partial charge >= 0.3 is 11.7 Å². The van der Waals surface area contributed by atoms with Crippen LogP contribution in [-0.4, -0.2) is 151 Å². The van der Waals surface area contributed by atoms with E-state index >= 15 is 0 Å². The first kappa shape index (κ1) is 35.2. The van der Waals surface area contributed by atoms with Gasteiger partial charge in [-0.1, -0.05) is 6.58 Å². The Morgan fingerprint density at radius 2 is 1.82 bits per heavy atom. The highest BCUT2D eigenvalue weighted by Crippen LogP contribution is 2.39. The van der Waals surface area contributed by atoms with Crippen molar-refractivity contribution in [1.29, 1.82) is 0 Å². The van der Waals surface area contributed by atoms with Crippen LogP contribution in [0.25, 0.3) is 0 Å². The van der Waals surface area contributed by atoms with Crippen molar-refractivity contribution in [2.24, 2.45) is 5.73 Å². The minimum atomic E-state index is -2.03. The fourth-order valence-corrected chi connectivity index (χ4v) is 5.36. The molecule has 3 rings (SSSR count). The summed E-state index contributed by atoms with van der Waals surface area (Å²) in [6, 6.07) is -0.497. The van der Waals surface area contributed by atoms with Crippen molar-refractivity contribution in [1.82, 2.24) is 25.1 Å². The summed E-state index contributed by atoms with van der Waals surface area (Å²) in [5.74, 6) is -2.21. The zero-order valence-electron chi connectivity index (χ0n) is 24.4. The average Bonchev–Trinajstić information content (AvgIpc) is 3.40. The number of β-amino-alcohol motifs (C(OH)–C–C–N with tert-alkyl or cyclic N) is 1. The van der Waals surface area contributed by atoms with Crippen molar-refractivity contribution in [3.8, 4) is 0 Å². The molecule has 2 fully saturated rings. The SMILES string of the molecule is C=C(N)C1OC(O[C@H](C2OC(n3ccc(=O)[nH]c3=O)C(O)C2O)[C@](C)(C(=O)NC)N(C)C[C@H](O)[C@H](NC)C(=O)O)C(O)C1O. The summed E-state index contributed by atoms with van der Waals surface area (Å²) >= 11 is 0. The molecule has 1 amide bonds. The van der Waals surface area contributed by atoms with Gasteiger partial charge in [-0.25, -0.2) is 4.79 Å². The maximum Gasteiger partial charge on any atom is 0.330 e. The molecule has 44 heavy (non-hydrogen) atoms. The summed E-state index contributed by atoms with van der Waals surface area (Å²) in [6.45, 7) is 4.30. The molecule has 11 N–H and O–H groups in total. The van der Waals surface area contributed by atoms with E-state index in [2.05, 4.69) is 17.2 Å². The summed E-state index contributed by atoms with van der Waals surface area (Å²) in [5, 5.41) is 68.5. The molecule has 1 aromatic heterocycles. The number of likely N-dealkylation sites (N-methyl/N-ethyl adjacent to an activating group) is 3. The predicted octanol–water partition coefficient (Wildman–Crippen LogP) is -6.07. The number of aliphatic hydroxyl groups is 5. The van der Waals surface area contributed by atoms with Crippen molar-refractivity contribution in [2.45, 2.75) is 79.9 Å². The van der Waals surface area contributed by atoms with Crippen molar-refractivity contribution < 1.29 is 54.4 Å². The highest BCUT2D eigenvalue weighted by Gasteiger charge is 2.59. The van der Waals surface area contributed by atoms with Crippen molar-refractivity contribution in [3.63, 3.8) is 0 Å². The fraction of sp³-hybridized carbons (Fsp3) is 0.680. The summed E-state index contributed by atoms with van der Waals surface area (Å²) < 4.78 is 18.3. The summed E-state index contributed by atoms with van der Waals surface area (Å²) in [6.07, 6.45) is -15.8. The Morgan fingerprint density at radius 1 is 1.18 bits per heavy atom. The molecule has 19 nitrogen and oxygen atoms in total. The molecule has 0 saturated carbocycles. The van der Waals surface area contributed by atoms with Crippen LogP contribution >= 0.6 is 0 Å². The molecule has 3 heterocycles. The number of hydrogen-bond acceptors (Lipinski definition) is 15. The standard InChI is InChI=1S/C25H40N6O13/c1-9(26)17-14(35)16(37)22(43-17)44-19(18-13(34)15(36)20(42-18)31-7-6-11(33)29-24(31)41)25(2,23(40)28-4)30(5)8-10(32)12(27-3)21(38)39/h6-7,10,12-20,22,27,32,34-37H,1,8,26H2,2-5H3,(H,28,40)(H,38,39)(H,29,33,41)/t10-,12-,13?,14?,15?,16?,17?,18?,19+,20?,22?,25+/m0/s1. The highest BCUT2D eigenvalue weighted by atomic mass is 16.7. The van der Waals surface area contributed by atoms with E-state index in [1.165, 1.54) is 33.0 Å². The van der Waals surface area contributed by atoms with Gasteiger partial charge in [0.05, 0.1) is 6.10 Å². The second-order valence-electron chi connectivity index (χ2n) is 10.8.